The summed E-state index contributed by atoms with van der Waals surface area (Å²) in [4.78, 5) is 24.9. The Hall–Kier alpha value is -1.59. The molecule has 0 unspecified atom stereocenters. The van der Waals surface area contributed by atoms with E-state index in [2.05, 4.69) is 0 Å². The second-order valence-electron chi connectivity index (χ2n) is 5.26. The van der Waals surface area contributed by atoms with Crippen LogP contribution in [0.15, 0.2) is 24.3 Å². The second kappa shape index (κ2) is 6.45. The van der Waals surface area contributed by atoms with Gasteiger partial charge in [0.1, 0.15) is 6.54 Å². The fraction of sp³-hybridized carbons (Fsp3) is 0.467. The number of ether oxygens (including phenoxy) is 1. The maximum absolute atomic E-state index is 12.8. The Morgan fingerprint density at radius 1 is 1.29 bits per heavy atom. The molecule has 0 saturated carbocycles. The van der Waals surface area contributed by atoms with Crippen LogP contribution in [-0.2, 0) is 19.7 Å². The Morgan fingerprint density at radius 3 is 2.38 bits per heavy atom. The van der Waals surface area contributed by atoms with Gasteiger partial charge in [-0.25, -0.2) is 0 Å². The molecule has 1 aliphatic heterocycles. The molecule has 0 spiro atoms. The minimum atomic E-state index is -1.02. The van der Waals surface area contributed by atoms with E-state index in [0.29, 0.717) is 31.1 Å². The summed E-state index contributed by atoms with van der Waals surface area (Å²) < 4.78 is 5.37. The molecule has 1 aromatic carbocycles. The van der Waals surface area contributed by atoms with Crippen molar-refractivity contribution in [1.82, 2.24) is 4.90 Å². The molecule has 0 aliphatic carbocycles. The SMILES string of the molecule is CN(CC(=O)O)C(=O)C1(c2ccc(Cl)cc2)CCOCC1. The van der Waals surface area contributed by atoms with Crippen LogP contribution in [-0.4, -0.2) is 48.7 Å². The predicted octanol–water partition coefficient (Wildman–Crippen LogP) is 1.93. The quantitative estimate of drug-likeness (QED) is 0.922. The third kappa shape index (κ3) is 3.36. The molecule has 21 heavy (non-hydrogen) atoms. The summed E-state index contributed by atoms with van der Waals surface area (Å²) in [6, 6.07) is 7.16. The summed E-state index contributed by atoms with van der Waals surface area (Å²) in [5.74, 6) is -1.21. The lowest BCUT2D eigenvalue weighted by molar-refractivity contribution is -0.148. The van der Waals surface area contributed by atoms with E-state index >= 15 is 0 Å². The molecule has 0 aromatic heterocycles. The summed E-state index contributed by atoms with van der Waals surface area (Å²) in [6.07, 6.45) is 1.08. The van der Waals surface area contributed by atoms with Gasteiger partial charge in [-0.3, -0.25) is 9.59 Å². The maximum atomic E-state index is 12.8. The van der Waals surface area contributed by atoms with Crippen molar-refractivity contribution in [2.24, 2.45) is 0 Å². The first-order valence-corrected chi connectivity index (χ1v) is 7.15. The number of carboxylic acid groups (broad SMARTS) is 1. The molecule has 5 nitrogen and oxygen atoms in total. The van der Waals surface area contributed by atoms with E-state index in [1.807, 2.05) is 12.1 Å². The molecule has 1 aliphatic rings. The van der Waals surface area contributed by atoms with Crippen molar-refractivity contribution >= 4 is 23.5 Å². The minimum Gasteiger partial charge on any atom is -0.480 e. The summed E-state index contributed by atoms with van der Waals surface area (Å²) >= 11 is 5.91. The normalized spacial score (nSPS) is 17.2. The molecular formula is C15H18ClNO4. The van der Waals surface area contributed by atoms with Crippen molar-refractivity contribution < 1.29 is 19.4 Å². The summed E-state index contributed by atoms with van der Waals surface area (Å²) in [5, 5.41) is 9.49. The zero-order valence-corrected chi connectivity index (χ0v) is 12.6. The highest BCUT2D eigenvalue weighted by Gasteiger charge is 2.43. The van der Waals surface area contributed by atoms with Crippen LogP contribution in [0.4, 0.5) is 0 Å². The number of carbonyl (C=O) groups excluding carboxylic acids is 1. The number of carboxylic acids is 1. The van der Waals surface area contributed by atoms with Gasteiger partial charge < -0.3 is 14.7 Å². The fourth-order valence-electron chi connectivity index (χ4n) is 2.75. The minimum absolute atomic E-state index is 0.185. The van der Waals surface area contributed by atoms with Gasteiger partial charge in [0, 0.05) is 25.3 Å². The van der Waals surface area contributed by atoms with Crippen molar-refractivity contribution in [1.29, 1.82) is 0 Å². The summed E-state index contributed by atoms with van der Waals surface area (Å²) in [5.41, 5.74) is 0.130. The zero-order valence-electron chi connectivity index (χ0n) is 11.8. The van der Waals surface area contributed by atoms with Crippen LogP contribution < -0.4 is 0 Å². The van der Waals surface area contributed by atoms with Crippen molar-refractivity contribution in [2.45, 2.75) is 18.3 Å². The van der Waals surface area contributed by atoms with Crippen molar-refractivity contribution in [3.05, 3.63) is 34.9 Å². The molecule has 2 rings (SSSR count). The number of benzene rings is 1. The van der Waals surface area contributed by atoms with E-state index in [0.717, 1.165) is 5.56 Å². The van der Waals surface area contributed by atoms with Gasteiger partial charge in [-0.1, -0.05) is 23.7 Å². The first-order chi connectivity index (χ1) is 9.95. The topological polar surface area (TPSA) is 66.8 Å². The lowest BCUT2D eigenvalue weighted by Crippen LogP contribution is -2.49. The van der Waals surface area contributed by atoms with E-state index in [1.54, 1.807) is 12.1 Å². The van der Waals surface area contributed by atoms with E-state index < -0.39 is 11.4 Å². The van der Waals surface area contributed by atoms with Crippen molar-refractivity contribution in [3.8, 4) is 0 Å². The Balaban J connectivity index is 2.34. The van der Waals surface area contributed by atoms with Gasteiger partial charge in [-0.2, -0.15) is 0 Å². The number of halogens is 1. The molecule has 1 heterocycles. The molecule has 1 fully saturated rings. The molecular weight excluding hydrogens is 294 g/mol. The highest BCUT2D eigenvalue weighted by Crippen LogP contribution is 2.37. The first kappa shape index (κ1) is 15.8. The lowest BCUT2D eigenvalue weighted by Gasteiger charge is -2.38. The first-order valence-electron chi connectivity index (χ1n) is 6.77. The molecule has 114 valence electrons. The number of hydrogen-bond acceptors (Lipinski definition) is 3. The van der Waals surface area contributed by atoms with Gasteiger partial charge in [-0.15, -0.1) is 0 Å². The van der Waals surface area contributed by atoms with E-state index in [1.165, 1.54) is 11.9 Å². The Labute approximate surface area is 128 Å². The predicted molar refractivity (Wildman–Crippen MR) is 78.5 cm³/mol. The van der Waals surface area contributed by atoms with Crippen molar-refractivity contribution in [2.75, 3.05) is 26.8 Å². The standard InChI is InChI=1S/C15H18ClNO4/c1-17(10-13(18)19)14(20)15(6-8-21-9-7-15)11-2-4-12(16)5-3-11/h2-5H,6-10H2,1H3,(H,18,19). The van der Waals surface area contributed by atoms with E-state index in [-0.39, 0.29) is 12.5 Å². The molecule has 6 heteroatoms. The van der Waals surface area contributed by atoms with Gasteiger partial charge in [0.05, 0.1) is 5.41 Å². The number of carbonyl (C=O) groups is 2. The fourth-order valence-corrected chi connectivity index (χ4v) is 2.88. The van der Waals surface area contributed by atoms with Crippen LogP contribution in [0.3, 0.4) is 0 Å². The van der Waals surface area contributed by atoms with Crippen molar-refractivity contribution in [3.63, 3.8) is 0 Å². The Bertz CT molecular complexity index is 523. The lowest BCUT2D eigenvalue weighted by atomic mass is 9.73. The molecule has 1 aromatic rings. The van der Waals surface area contributed by atoms with Crippen LogP contribution in [0, 0.1) is 0 Å². The van der Waals surface area contributed by atoms with E-state index in [4.69, 9.17) is 21.4 Å². The van der Waals surface area contributed by atoms with Gasteiger partial charge in [0.2, 0.25) is 5.91 Å². The average molecular weight is 312 g/mol. The number of amides is 1. The third-order valence-electron chi connectivity index (χ3n) is 3.87. The smallest absolute Gasteiger partial charge is 0.323 e. The summed E-state index contributed by atoms with van der Waals surface area (Å²) in [6.45, 7) is 0.652. The third-order valence-corrected chi connectivity index (χ3v) is 4.12. The van der Waals surface area contributed by atoms with Gasteiger partial charge in [0.25, 0.3) is 0 Å². The van der Waals surface area contributed by atoms with Crippen LogP contribution in [0.1, 0.15) is 18.4 Å². The number of likely N-dealkylation sites (N-methyl/N-ethyl adjacent to an activating group) is 1. The molecule has 1 saturated heterocycles. The van der Waals surface area contributed by atoms with E-state index in [9.17, 15) is 9.59 Å². The van der Waals surface area contributed by atoms with Gasteiger partial charge in [-0.05, 0) is 30.5 Å². The summed E-state index contributed by atoms with van der Waals surface area (Å²) in [7, 11) is 1.52. The maximum Gasteiger partial charge on any atom is 0.323 e. The largest absolute Gasteiger partial charge is 0.480 e. The zero-order chi connectivity index (χ0) is 15.5. The van der Waals surface area contributed by atoms with Crippen LogP contribution in [0.2, 0.25) is 5.02 Å². The number of aliphatic carboxylic acids is 1. The van der Waals surface area contributed by atoms with Crippen LogP contribution in [0.5, 0.6) is 0 Å². The van der Waals surface area contributed by atoms with Crippen LogP contribution in [0.25, 0.3) is 0 Å². The van der Waals surface area contributed by atoms with Gasteiger partial charge >= 0.3 is 5.97 Å². The number of hydrogen-bond donors (Lipinski definition) is 1. The monoisotopic (exact) mass is 311 g/mol. The highest BCUT2D eigenvalue weighted by atomic mass is 35.5. The van der Waals surface area contributed by atoms with Crippen LogP contribution >= 0.6 is 11.6 Å². The molecule has 0 atom stereocenters. The number of nitrogens with zero attached hydrogens (tertiary/aromatic N) is 1. The highest BCUT2D eigenvalue weighted by molar-refractivity contribution is 6.30. The average Bonchev–Trinajstić information content (AvgIpc) is 2.47. The second-order valence-corrected chi connectivity index (χ2v) is 5.69. The Kier molecular flexibility index (Phi) is 4.85. The molecule has 1 amide bonds. The molecule has 0 radical (unpaired) electrons. The van der Waals surface area contributed by atoms with Gasteiger partial charge in [0.15, 0.2) is 0 Å². The Morgan fingerprint density at radius 2 is 1.86 bits per heavy atom. The molecule has 0 bridgehead atoms. The molecule has 1 N–H and O–H groups in total. The number of rotatable bonds is 4.